The molecule has 17 nitrogen and oxygen atoms in total. The van der Waals surface area contributed by atoms with Crippen molar-refractivity contribution in [3.63, 3.8) is 0 Å². The van der Waals surface area contributed by atoms with Crippen LogP contribution < -0.4 is 0 Å². The van der Waals surface area contributed by atoms with Gasteiger partial charge in [-0.05, 0) is 30.3 Å². The summed E-state index contributed by atoms with van der Waals surface area (Å²) < 4.78 is 47.2. The summed E-state index contributed by atoms with van der Waals surface area (Å²) in [4.78, 5) is 26.5. The third kappa shape index (κ3) is 11.1. The second-order valence-corrected chi connectivity index (χ2v) is 20.5. The summed E-state index contributed by atoms with van der Waals surface area (Å²) in [7, 11) is -1.51. The minimum absolute atomic E-state index is 0.157. The summed E-state index contributed by atoms with van der Waals surface area (Å²) in [5.74, 6) is -1.56. The first-order valence-electron chi connectivity index (χ1n) is 18.2. The molecule has 0 saturated carbocycles. The van der Waals surface area contributed by atoms with Gasteiger partial charge < -0.3 is 73.6 Å². The average molecular weight is 797 g/mol. The minimum atomic E-state index is -1.85. The van der Waals surface area contributed by atoms with Crippen molar-refractivity contribution in [3.8, 4) is 0 Å². The van der Waals surface area contributed by atoms with E-state index in [1.165, 1.54) is 24.3 Å². The number of hydrogen-bond donors (Lipinski definition) is 7. The van der Waals surface area contributed by atoms with Crippen LogP contribution in [0, 0.1) is 0 Å². The molecule has 0 spiro atoms. The molecule has 55 heavy (non-hydrogen) atoms. The van der Waals surface area contributed by atoms with Gasteiger partial charge in [-0.2, -0.15) is 0 Å². The van der Waals surface area contributed by atoms with Crippen LogP contribution in [0.5, 0.6) is 0 Å². The highest BCUT2D eigenvalue weighted by Crippen LogP contribution is 2.34. The third-order valence-corrected chi connectivity index (χ3v) is 11.2. The highest BCUT2D eigenvalue weighted by Gasteiger charge is 2.52. The Kier molecular flexibility index (Phi) is 15.3. The Morgan fingerprint density at radius 1 is 0.673 bits per heavy atom. The van der Waals surface area contributed by atoms with Crippen molar-refractivity contribution < 1.29 is 83.2 Å². The van der Waals surface area contributed by atoms with Crippen LogP contribution in [0.1, 0.15) is 27.1 Å². The predicted octanol–water partition coefficient (Wildman–Crippen LogP) is -0.452. The Bertz CT molecular complexity index is 1490. The van der Waals surface area contributed by atoms with E-state index in [0.29, 0.717) is 0 Å². The first-order valence-corrected chi connectivity index (χ1v) is 21.9. The van der Waals surface area contributed by atoms with Crippen molar-refractivity contribution in [2.45, 2.75) is 118 Å². The maximum Gasteiger partial charge on any atom is 0.338 e. The Morgan fingerprint density at radius 2 is 1.25 bits per heavy atom. The lowest BCUT2D eigenvalue weighted by molar-refractivity contribution is -0.362. The van der Waals surface area contributed by atoms with Gasteiger partial charge in [0.1, 0.15) is 73.8 Å². The molecule has 3 fully saturated rings. The van der Waals surface area contributed by atoms with Gasteiger partial charge in [-0.3, -0.25) is 0 Å². The molecule has 3 aliphatic rings. The van der Waals surface area contributed by atoms with Crippen LogP contribution >= 0.6 is 0 Å². The molecule has 0 radical (unpaired) electrons. The lowest BCUT2D eigenvalue weighted by Gasteiger charge is -2.47. The number of esters is 2. The van der Waals surface area contributed by atoms with Crippen molar-refractivity contribution in [1.29, 1.82) is 0 Å². The second-order valence-electron chi connectivity index (χ2n) is 14.9. The molecule has 3 saturated heterocycles. The zero-order valence-electron chi connectivity index (χ0n) is 30.8. The van der Waals surface area contributed by atoms with Crippen molar-refractivity contribution in [1.82, 2.24) is 0 Å². The highest BCUT2D eigenvalue weighted by molar-refractivity contribution is 6.76. The van der Waals surface area contributed by atoms with E-state index in [1.807, 2.05) is 0 Å². The molecule has 14 atom stereocenters. The summed E-state index contributed by atoms with van der Waals surface area (Å²) in [5.41, 5.74) is 0.360. The lowest BCUT2D eigenvalue weighted by Crippen LogP contribution is -2.64. The van der Waals surface area contributed by atoms with E-state index < -0.39 is 126 Å². The molecule has 306 valence electrons. The molecule has 7 N–H and O–H groups in total. The Labute approximate surface area is 319 Å². The Morgan fingerprint density at radius 3 is 1.85 bits per heavy atom. The van der Waals surface area contributed by atoms with E-state index in [9.17, 15) is 45.3 Å². The van der Waals surface area contributed by atoms with Gasteiger partial charge in [0.25, 0.3) is 0 Å². The monoisotopic (exact) mass is 796 g/mol. The molecule has 0 aliphatic carbocycles. The fourth-order valence-corrected chi connectivity index (χ4v) is 7.08. The first kappa shape index (κ1) is 43.2. The average Bonchev–Trinajstić information content (AvgIpc) is 3.17. The molecule has 0 aromatic heterocycles. The largest absolute Gasteiger partial charge is 0.459 e. The number of benzene rings is 2. The normalized spacial score (nSPS) is 35.5. The number of aliphatic hydroxyl groups excluding tert-OH is 7. The number of carbonyl (C=O) groups excluding carboxylic acids is 2. The molecule has 2 aromatic carbocycles. The minimum Gasteiger partial charge on any atom is -0.459 e. The van der Waals surface area contributed by atoms with Crippen molar-refractivity contribution >= 4 is 20.0 Å². The van der Waals surface area contributed by atoms with Crippen molar-refractivity contribution in [3.05, 3.63) is 71.8 Å². The van der Waals surface area contributed by atoms with Gasteiger partial charge in [-0.15, -0.1) is 0 Å². The van der Waals surface area contributed by atoms with Crippen LogP contribution in [-0.4, -0.2) is 168 Å². The molecule has 2 aromatic rings. The van der Waals surface area contributed by atoms with E-state index in [-0.39, 0.29) is 24.2 Å². The van der Waals surface area contributed by atoms with Crippen LogP contribution in [0.25, 0.3) is 0 Å². The fraction of sp³-hybridized carbons (Fsp3) is 0.622. The summed E-state index contributed by atoms with van der Waals surface area (Å²) in [6.07, 6.45) is -21.4. The van der Waals surface area contributed by atoms with E-state index in [0.717, 1.165) is 6.04 Å². The van der Waals surface area contributed by atoms with Gasteiger partial charge in [0.15, 0.2) is 18.9 Å². The number of hydrogen-bond acceptors (Lipinski definition) is 17. The standard InChI is InChI=1S/C37H52O17Si/c1-55(2,3)15-14-47-36-31(44)29(42)33(24(18-39)52-36)53-26-16-22(50-35(46)21-12-8-5-9-13-21)32(54-37-30(43)28(41)27(40)23(17-38)51-37)25(49-26)19-48-34(45)20-10-6-4-7-11-20/h4-13,22-33,36-44H,14-19H2,1-3H3/t22-,23-,24-,25-,26+,27+,28+,29-,30-,31-,32-,33-,36-,37-/m1/s1. The van der Waals surface area contributed by atoms with Gasteiger partial charge in [-0.25, -0.2) is 9.59 Å². The van der Waals surface area contributed by atoms with Gasteiger partial charge in [0.05, 0.1) is 24.3 Å². The molecule has 5 rings (SSSR count). The van der Waals surface area contributed by atoms with E-state index in [4.69, 9.17) is 37.9 Å². The maximum atomic E-state index is 13.5. The number of carbonyl (C=O) groups is 2. The molecular weight excluding hydrogens is 744 g/mol. The Hall–Kier alpha value is -2.92. The fourth-order valence-electron chi connectivity index (χ4n) is 6.35. The summed E-state index contributed by atoms with van der Waals surface area (Å²) in [5, 5.41) is 74.0. The molecule has 0 amide bonds. The second kappa shape index (κ2) is 19.5. The number of aliphatic hydroxyl groups is 7. The summed E-state index contributed by atoms with van der Waals surface area (Å²) in [6.45, 7) is 4.74. The van der Waals surface area contributed by atoms with Gasteiger partial charge in [-0.1, -0.05) is 56.0 Å². The topological polar surface area (TPSA) is 250 Å². The summed E-state index contributed by atoms with van der Waals surface area (Å²) in [6, 6.07) is 16.7. The maximum absolute atomic E-state index is 13.5. The lowest BCUT2D eigenvalue weighted by atomic mass is 9.97. The van der Waals surface area contributed by atoms with E-state index >= 15 is 0 Å². The SMILES string of the molecule is C[Si](C)(C)CCO[C@@H]1O[C@H](CO)[C@@H](O[C@H]2C[C@@H](OC(=O)c3ccccc3)[C@@H](O[C@H]3O[C@H](CO)[C@H](O)[C@H](O)[C@H]3O)[C@@H](COC(=O)c3ccccc3)O2)[C@H](O)[C@H]1O. The van der Waals surface area contributed by atoms with Crippen molar-refractivity contribution in [2.75, 3.05) is 26.4 Å². The van der Waals surface area contributed by atoms with Gasteiger partial charge in [0.2, 0.25) is 0 Å². The molecule has 0 bridgehead atoms. The molecule has 3 heterocycles. The number of rotatable bonds is 15. The van der Waals surface area contributed by atoms with Crippen LogP contribution in [0.2, 0.25) is 25.7 Å². The molecule has 3 aliphatic heterocycles. The van der Waals surface area contributed by atoms with Crippen LogP contribution in [0.4, 0.5) is 0 Å². The van der Waals surface area contributed by atoms with Gasteiger partial charge in [0, 0.05) is 21.1 Å². The smallest absolute Gasteiger partial charge is 0.338 e. The highest BCUT2D eigenvalue weighted by atomic mass is 28.3. The Balaban J connectivity index is 1.42. The number of ether oxygens (including phenoxy) is 8. The van der Waals surface area contributed by atoms with Crippen molar-refractivity contribution in [2.24, 2.45) is 0 Å². The van der Waals surface area contributed by atoms with Crippen LogP contribution in [0.15, 0.2) is 60.7 Å². The van der Waals surface area contributed by atoms with Crippen LogP contribution in [0.3, 0.4) is 0 Å². The van der Waals surface area contributed by atoms with E-state index in [2.05, 4.69) is 19.6 Å². The summed E-state index contributed by atoms with van der Waals surface area (Å²) >= 11 is 0. The van der Waals surface area contributed by atoms with E-state index in [1.54, 1.807) is 36.4 Å². The first-order chi connectivity index (χ1) is 26.2. The molecule has 18 heteroatoms. The quantitative estimate of drug-likeness (QED) is 0.0891. The third-order valence-electron chi connectivity index (χ3n) is 9.54. The predicted molar refractivity (Wildman–Crippen MR) is 191 cm³/mol. The zero-order valence-corrected chi connectivity index (χ0v) is 31.8. The molecular formula is C37H52O17Si. The zero-order chi connectivity index (χ0) is 39.9. The van der Waals surface area contributed by atoms with Gasteiger partial charge >= 0.3 is 11.9 Å². The molecule has 0 unspecified atom stereocenters. The van der Waals surface area contributed by atoms with Crippen LogP contribution in [-0.2, 0) is 37.9 Å².